The van der Waals surface area contributed by atoms with E-state index in [0.717, 1.165) is 45.6 Å². The minimum absolute atomic E-state index is 0.137. The lowest BCUT2D eigenvalue weighted by atomic mass is 9.98. The summed E-state index contributed by atoms with van der Waals surface area (Å²) in [5.74, 6) is 1.22. The number of rotatable bonds is 4. The van der Waals surface area contributed by atoms with E-state index in [1.54, 1.807) is 29.8 Å². The standard InChI is InChI=1S/C20H21N3O2S2/c1-13-5-10-17(26-13)20(24)23-11-3-4-15(12-23)19-22-21-18(27-19)14-6-8-16(25-2)9-7-14/h5-10,15H,3-4,11-12H2,1-2H3. The van der Waals surface area contributed by atoms with Crippen molar-refractivity contribution in [2.45, 2.75) is 25.7 Å². The van der Waals surface area contributed by atoms with E-state index in [1.807, 2.05) is 48.2 Å². The van der Waals surface area contributed by atoms with Crippen LogP contribution in [-0.4, -0.2) is 41.2 Å². The van der Waals surface area contributed by atoms with Crippen LogP contribution in [0.5, 0.6) is 5.75 Å². The molecule has 5 nitrogen and oxygen atoms in total. The quantitative estimate of drug-likeness (QED) is 0.643. The third kappa shape index (κ3) is 3.89. The molecular formula is C20H21N3O2S2. The molecule has 3 aromatic rings. The first kappa shape index (κ1) is 18.1. The number of aromatic nitrogens is 2. The van der Waals surface area contributed by atoms with Crippen molar-refractivity contribution in [1.82, 2.24) is 15.1 Å². The Kier molecular flexibility index (Phi) is 5.22. The molecule has 0 radical (unpaired) electrons. The Hall–Kier alpha value is -2.25. The van der Waals surface area contributed by atoms with Crippen LogP contribution in [0.4, 0.5) is 0 Å². The lowest BCUT2D eigenvalue weighted by Crippen LogP contribution is -2.38. The maximum absolute atomic E-state index is 12.8. The van der Waals surface area contributed by atoms with Gasteiger partial charge in [-0.25, -0.2) is 0 Å². The van der Waals surface area contributed by atoms with Gasteiger partial charge in [0.2, 0.25) is 0 Å². The van der Waals surface area contributed by atoms with Crippen LogP contribution in [0.3, 0.4) is 0 Å². The molecule has 1 aromatic carbocycles. The molecule has 0 spiro atoms. The molecule has 1 aliphatic rings. The highest BCUT2D eigenvalue weighted by Crippen LogP contribution is 2.34. The van der Waals surface area contributed by atoms with Crippen LogP contribution in [0.25, 0.3) is 10.6 Å². The Labute approximate surface area is 166 Å². The fourth-order valence-corrected chi connectivity index (χ4v) is 5.13. The lowest BCUT2D eigenvalue weighted by molar-refractivity contribution is 0.0712. The van der Waals surface area contributed by atoms with Crippen molar-refractivity contribution in [3.8, 4) is 16.3 Å². The van der Waals surface area contributed by atoms with Crippen molar-refractivity contribution in [1.29, 1.82) is 0 Å². The third-order valence-electron chi connectivity index (χ3n) is 4.79. The van der Waals surface area contributed by atoms with Gasteiger partial charge >= 0.3 is 0 Å². The van der Waals surface area contributed by atoms with Gasteiger partial charge in [0.1, 0.15) is 15.8 Å². The van der Waals surface area contributed by atoms with Crippen LogP contribution in [0.2, 0.25) is 0 Å². The number of piperidine rings is 1. The maximum Gasteiger partial charge on any atom is 0.263 e. The second-order valence-corrected chi connectivity index (χ2v) is 8.97. The summed E-state index contributed by atoms with van der Waals surface area (Å²) in [7, 11) is 1.66. The van der Waals surface area contributed by atoms with Gasteiger partial charge in [0, 0.05) is 29.4 Å². The van der Waals surface area contributed by atoms with Gasteiger partial charge in [-0.15, -0.1) is 21.5 Å². The number of methoxy groups -OCH3 is 1. The van der Waals surface area contributed by atoms with E-state index < -0.39 is 0 Å². The molecule has 2 aromatic heterocycles. The first-order chi connectivity index (χ1) is 13.1. The summed E-state index contributed by atoms with van der Waals surface area (Å²) < 4.78 is 5.21. The van der Waals surface area contributed by atoms with Gasteiger partial charge in [-0.1, -0.05) is 11.3 Å². The lowest BCUT2D eigenvalue weighted by Gasteiger charge is -2.31. The summed E-state index contributed by atoms with van der Waals surface area (Å²) in [5.41, 5.74) is 1.04. The molecule has 1 amide bonds. The average molecular weight is 400 g/mol. The smallest absolute Gasteiger partial charge is 0.263 e. The van der Waals surface area contributed by atoms with Gasteiger partial charge in [-0.05, 0) is 56.2 Å². The Morgan fingerprint density at radius 3 is 2.67 bits per heavy atom. The molecule has 1 aliphatic heterocycles. The average Bonchev–Trinajstić information content (AvgIpc) is 3.37. The molecule has 0 N–H and O–H groups in total. The van der Waals surface area contributed by atoms with Gasteiger partial charge < -0.3 is 9.64 Å². The van der Waals surface area contributed by atoms with Crippen LogP contribution >= 0.6 is 22.7 Å². The molecule has 27 heavy (non-hydrogen) atoms. The van der Waals surface area contributed by atoms with Crippen molar-refractivity contribution >= 4 is 28.6 Å². The van der Waals surface area contributed by atoms with Crippen molar-refractivity contribution in [3.05, 3.63) is 51.2 Å². The fourth-order valence-electron chi connectivity index (χ4n) is 3.32. The fraction of sp³-hybridized carbons (Fsp3) is 0.350. The minimum Gasteiger partial charge on any atom is -0.497 e. The number of benzene rings is 1. The van der Waals surface area contributed by atoms with Crippen LogP contribution in [0.1, 0.15) is 38.3 Å². The number of amides is 1. The van der Waals surface area contributed by atoms with E-state index in [9.17, 15) is 4.79 Å². The van der Waals surface area contributed by atoms with Gasteiger partial charge in [0.15, 0.2) is 0 Å². The van der Waals surface area contributed by atoms with Gasteiger partial charge in [0.05, 0.1) is 12.0 Å². The zero-order valence-electron chi connectivity index (χ0n) is 15.3. The predicted octanol–water partition coefficient (Wildman–Crippen LogP) is 4.60. The Morgan fingerprint density at radius 2 is 1.96 bits per heavy atom. The second kappa shape index (κ2) is 7.78. The van der Waals surface area contributed by atoms with E-state index in [2.05, 4.69) is 10.2 Å². The number of ether oxygens (including phenoxy) is 1. The molecule has 4 rings (SSSR count). The number of thiophene rings is 1. The number of carbonyl (C=O) groups excluding carboxylic acids is 1. The molecule has 3 heterocycles. The number of hydrogen-bond donors (Lipinski definition) is 0. The summed E-state index contributed by atoms with van der Waals surface area (Å²) >= 11 is 3.19. The third-order valence-corrected chi connectivity index (χ3v) is 6.91. The topological polar surface area (TPSA) is 55.3 Å². The van der Waals surface area contributed by atoms with Gasteiger partial charge in [0.25, 0.3) is 5.91 Å². The van der Waals surface area contributed by atoms with E-state index in [0.29, 0.717) is 6.54 Å². The van der Waals surface area contributed by atoms with Crippen LogP contribution in [0.15, 0.2) is 36.4 Å². The van der Waals surface area contributed by atoms with Crippen molar-refractivity contribution in [2.75, 3.05) is 20.2 Å². The van der Waals surface area contributed by atoms with Gasteiger partial charge in [-0.3, -0.25) is 4.79 Å². The number of carbonyl (C=O) groups is 1. The number of likely N-dealkylation sites (tertiary alicyclic amines) is 1. The van der Waals surface area contributed by atoms with Crippen LogP contribution < -0.4 is 4.74 Å². The molecule has 1 unspecified atom stereocenters. The monoisotopic (exact) mass is 399 g/mol. The van der Waals surface area contributed by atoms with E-state index in [1.165, 1.54) is 4.88 Å². The van der Waals surface area contributed by atoms with E-state index >= 15 is 0 Å². The summed E-state index contributed by atoms with van der Waals surface area (Å²) in [6.45, 7) is 3.56. The van der Waals surface area contributed by atoms with Gasteiger partial charge in [-0.2, -0.15) is 0 Å². The second-order valence-electron chi connectivity index (χ2n) is 6.67. The molecule has 1 saturated heterocycles. The molecule has 1 atom stereocenters. The van der Waals surface area contributed by atoms with E-state index in [4.69, 9.17) is 4.74 Å². The Morgan fingerprint density at radius 1 is 1.15 bits per heavy atom. The highest BCUT2D eigenvalue weighted by Gasteiger charge is 2.28. The SMILES string of the molecule is COc1ccc(-c2nnc(C3CCCN(C(=O)c4ccc(C)s4)C3)s2)cc1. The highest BCUT2D eigenvalue weighted by atomic mass is 32.1. The van der Waals surface area contributed by atoms with Crippen molar-refractivity contribution < 1.29 is 9.53 Å². The molecule has 140 valence electrons. The first-order valence-electron chi connectivity index (χ1n) is 8.97. The summed E-state index contributed by atoms with van der Waals surface area (Å²) in [4.78, 5) is 16.7. The molecule has 0 saturated carbocycles. The molecular weight excluding hydrogens is 378 g/mol. The zero-order chi connectivity index (χ0) is 18.8. The normalized spacial score (nSPS) is 17.1. The van der Waals surface area contributed by atoms with E-state index in [-0.39, 0.29) is 11.8 Å². The summed E-state index contributed by atoms with van der Waals surface area (Å²) in [6.07, 6.45) is 2.04. The molecule has 0 aliphatic carbocycles. The van der Waals surface area contributed by atoms with Crippen molar-refractivity contribution in [3.63, 3.8) is 0 Å². The maximum atomic E-state index is 12.8. The molecule has 1 fully saturated rings. The minimum atomic E-state index is 0.137. The highest BCUT2D eigenvalue weighted by molar-refractivity contribution is 7.14. The number of aryl methyl sites for hydroxylation is 1. The molecule has 7 heteroatoms. The first-order valence-corrected chi connectivity index (χ1v) is 10.6. The number of hydrogen-bond acceptors (Lipinski definition) is 6. The largest absolute Gasteiger partial charge is 0.497 e. The zero-order valence-corrected chi connectivity index (χ0v) is 17.0. The molecule has 0 bridgehead atoms. The van der Waals surface area contributed by atoms with Crippen molar-refractivity contribution in [2.24, 2.45) is 0 Å². The predicted molar refractivity (Wildman–Crippen MR) is 109 cm³/mol. The van der Waals surface area contributed by atoms with Crippen LogP contribution in [0, 0.1) is 6.92 Å². The Balaban J connectivity index is 1.48. The Bertz CT molecular complexity index is 933. The summed E-state index contributed by atoms with van der Waals surface area (Å²) in [6, 6.07) is 11.8. The number of nitrogens with zero attached hydrogens (tertiary/aromatic N) is 3. The summed E-state index contributed by atoms with van der Waals surface area (Å²) in [5, 5.41) is 10.7. The van der Waals surface area contributed by atoms with Crippen LogP contribution in [-0.2, 0) is 0 Å².